The largest absolute Gasteiger partial charge is 0.494 e. The number of benzene rings is 1. The van der Waals surface area contributed by atoms with E-state index in [1.165, 1.54) is 4.57 Å². The number of halogens is 2. The molecule has 2 aliphatic carbocycles. The summed E-state index contributed by atoms with van der Waals surface area (Å²) in [5, 5.41) is 21.4. The Balaban J connectivity index is 1.80. The van der Waals surface area contributed by atoms with Crippen LogP contribution in [0.4, 0.5) is 0 Å². The van der Waals surface area contributed by atoms with Crippen LogP contribution in [-0.2, 0) is 0 Å². The maximum atomic E-state index is 10.7. The second-order valence-electron chi connectivity index (χ2n) is 6.07. The van der Waals surface area contributed by atoms with E-state index in [4.69, 9.17) is 4.74 Å². The summed E-state index contributed by atoms with van der Waals surface area (Å²) in [6.45, 7) is 2.54. The first kappa shape index (κ1) is 15.4. The molecule has 1 heterocycles. The zero-order chi connectivity index (χ0) is 16.3. The number of ether oxygens (including phenoxy) is 1. The Morgan fingerprint density at radius 2 is 1.57 bits per heavy atom. The van der Waals surface area contributed by atoms with Crippen molar-refractivity contribution in [2.75, 3.05) is 6.61 Å². The third kappa shape index (κ3) is 2.07. The smallest absolute Gasteiger partial charge is 0.202 e. The Bertz CT molecular complexity index is 719. The summed E-state index contributed by atoms with van der Waals surface area (Å²) in [5.41, 5.74) is 2.51. The highest BCUT2D eigenvalue weighted by Crippen LogP contribution is 2.63. The van der Waals surface area contributed by atoms with E-state index in [0.717, 1.165) is 29.0 Å². The quantitative estimate of drug-likeness (QED) is 0.692. The van der Waals surface area contributed by atoms with Crippen molar-refractivity contribution in [3.05, 3.63) is 35.4 Å². The molecule has 2 N–H and O–H groups in total. The Morgan fingerprint density at radius 3 is 2.04 bits per heavy atom. The number of fused-ring (bicyclic) bond motifs is 5. The van der Waals surface area contributed by atoms with Gasteiger partial charge in [0.2, 0.25) is 11.8 Å². The summed E-state index contributed by atoms with van der Waals surface area (Å²) >= 11 is 7.43. The van der Waals surface area contributed by atoms with Crippen molar-refractivity contribution in [3.8, 4) is 23.2 Å². The minimum absolute atomic E-state index is 0.151. The third-order valence-corrected chi connectivity index (χ3v) is 8.05. The standard InChI is InChI=1S/C17H17Br2NO3/c1-2-23-9-5-3-8(4-6-9)20-16(21)12-10-7-11(13(12)17(20)22)15(19)14(10)18/h3-6,10-11,14-15,21-22H,2,7H2,1H3. The predicted molar refractivity (Wildman–Crippen MR) is 95.8 cm³/mol. The fraction of sp³-hybridized carbons (Fsp3) is 0.412. The van der Waals surface area contributed by atoms with Crippen molar-refractivity contribution in [1.29, 1.82) is 0 Å². The summed E-state index contributed by atoms with van der Waals surface area (Å²) in [4.78, 5) is 0.558. The zero-order valence-electron chi connectivity index (χ0n) is 12.5. The summed E-state index contributed by atoms with van der Waals surface area (Å²) in [7, 11) is 0. The van der Waals surface area contributed by atoms with Crippen LogP contribution < -0.4 is 4.74 Å². The molecule has 4 unspecified atom stereocenters. The van der Waals surface area contributed by atoms with Crippen molar-refractivity contribution in [2.45, 2.75) is 34.8 Å². The van der Waals surface area contributed by atoms with E-state index in [2.05, 4.69) is 31.9 Å². The van der Waals surface area contributed by atoms with E-state index < -0.39 is 0 Å². The molecule has 23 heavy (non-hydrogen) atoms. The van der Waals surface area contributed by atoms with Crippen LogP contribution >= 0.6 is 31.9 Å². The lowest BCUT2D eigenvalue weighted by Gasteiger charge is -2.22. The van der Waals surface area contributed by atoms with Gasteiger partial charge in [-0.25, -0.2) is 0 Å². The zero-order valence-corrected chi connectivity index (χ0v) is 15.7. The van der Waals surface area contributed by atoms with E-state index in [9.17, 15) is 10.2 Å². The van der Waals surface area contributed by atoms with Gasteiger partial charge in [0, 0.05) is 32.6 Å². The maximum Gasteiger partial charge on any atom is 0.202 e. The van der Waals surface area contributed by atoms with Crippen molar-refractivity contribution < 1.29 is 14.9 Å². The molecule has 0 saturated heterocycles. The summed E-state index contributed by atoms with van der Waals surface area (Å²) in [6, 6.07) is 7.38. The lowest BCUT2D eigenvalue weighted by atomic mass is 9.95. The van der Waals surface area contributed by atoms with Crippen LogP contribution in [0.3, 0.4) is 0 Å². The highest BCUT2D eigenvalue weighted by Gasteiger charge is 2.53. The van der Waals surface area contributed by atoms with Crippen molar-refractivity contribution in [2.24, 2.45) is 0 Å². The van der Waals surface area contributed by atoms with Crippen LogP contribution in [0.1, 0.15) is 36.3 Å². The van der Waals surface area contributed by atoms with E-state index in [-0.39, 0.29) is 33.3 Å². The highest BCUT2D eigenvalue weighted by atomic mass is 79.9. The van der Waals surface area contributed by atoms with Crippen LogP contribution in [0.2, 0.25) is 0 Å². The molecule has 2 aliphatic rings. The number of nitrogens with zero attached hydrogens (tertiary/aromatic N) is 1. The summed E-state index contributed by atoms with van der Waals surface area (Å²) in [6.07, 6.45) is 0.960. The highest BCUT2D eigenvalue weighted by molar-refractivity contribution is 9.12. The molecule has 4 rings (SSSR count). The molecule has 122 valence electrons. The first-order valence-corrected chi connectivity index (χ1v) is 9.55. The second-order valence-corrected chi connectivity index (χ2v) is 8.19. The van der Waals surface area contributed by atoms with Gasteiger partial charge in [-0.15, -0.1) is 0 Å². The van der Waals surface area contributed by atoms with Crippen molar-refractivity contribution in [1.82, 2.24) is 4.57 Å². The van der Waals surface area contributed by atoms with E-state index in [0.29, 0.717) is 6.61 Å². The first-order valence-electron chi connectivity index (χ1n) is 7.72. The van der Waals surface area contributed by atoms with Gasteiger partial charge in [-0.2, -0.15) is 0 Å². The molecule has 4 atom stereocenters. The topological polar surface area (TPSA) is 54.6 Å². The number of hydrogen-bond donors (Lipinski definition) is 2. The van der Waals surface area contributed by atoms with Gasteiger partial charge >= 0.3 is 0 Å². The summed E-state index contributed by atoms with van der Waals surface area (Å²) < 4.78 is 6.98. The minimum atomic E-state index is 0.151. The molecule has 0 radical (unpaired) electrons. The Morgan fingerprint density at radius 1 is 1.04 bits per heavy atom. The molecular formula is C17H17Br2NO3. The molecular weight excluding hydrogens is 426 g/mol. The fourth-order valence-corrected chi connectivity index (χ4v) is 5.64. The van der Waals surface area contributed by atoms with E-state index in [1.54, 1.807) is 0 Å². The maximum absolute atomic E-state index is 10.7. The molecule has 4 nitrogen and oxygen atoms in total. The average molecular weight is 443 g/mol. The fourth-order valence-electron chi connectivity index (χ4n) is 3.95. The van der Waals surface area contributed by atoms with Crippen LogP contribution in [0.25, 0.3) is 5.69 Å². The predicted octanol–water partition coefficient (Wildman–Crippen LogP) is 4.40. The van der Waals surface area contributed by atoms with Crippen LogP contribution in [0, 0.1) is 0 Å². The number of hydrogen-bond acceptors (Lipinski definition) is 3. The SMILES string of the molecule is CCOc1ccc(-n2c(O)c3c(c2O)C2CC3C(Br)C2Br)cc1. The number of rotatable bonds is 3. The second kappa shape index (κ2) is 5.45. The van der Waals surface area contributed by atoms with Crippen molar-refractivity contribution >= 4 is 31.9 Å². The molecule has 2 aromatic rings. The molecule has 1 aromatic carbocycles. The van der Waals surface area contributed by atoms with Crippen LogP contribution in [0.5, 0.6) is 17.5 Å². The van der Waals surface area contributed by atoms with E-state index >= 15 is 0 Å². The molecule has 0 aliphatic heterocycles. The van der Waals surface area contributed by atoms with Crippen LogP contribution in [-0.4, -0.2) is 31.0 Å². The Hall–Kier alpha value is -1.14. The van der Waals surface area contributed by atoms with Gasteiger partial charge < -0.3 is 14.9 Å². The lowest BCUT2D eigenvalue weighted by molar-refractivity contribution is 0.340. The van der Waals surface area contributed by atoms with Gasteiger partial charge in [-0.3, -0.25) is 4.57 Å². The monoisotopic (exact) mass is 441 g/mol. The number of aromatic hydroxyl groups is 2. The minimum Gasteiger partial charge on any atom is -0.494 e. The molecule has 0 spiro atoms. The normalized spacial score (nSPS) is 28.1. The van der Waals surface area contributed by atoms with Gasteiger partial charge in [0.25, 0.3) is 0 Å². The third-order valence-electron chi connectivity index (χ3n) is 4.92. The lowest BCUT2D eigenvalue weighted by Crippen LogP contribution is -2.20. The molecule has 6 heteroatoms. The molecule has 1 aromatic heterocycles. The van der Waals surface area contributed by atoms with E-state index in [1.807, 2.05) is 31.2 Å². The van der Waals surface area contributed by atoms with Crippen LogP contribution in [0.15, 0.2) is 24.3 Å². The first-order chi connectivity index (χ1) is 11.0. The van der Waals surface area contributed by atoms with Crippen molar-refractivity contribution in [3.63, 3.8) is 0 Å². The van der Waals surface area contributed by atoms with Gasteiger partial charge in [0.1, 0.15) is 5.75 Å². The number of aromatic nitrogens is 1. The Kier molecular flexibility index (Phi) is 3.65. The molecule has 2 bridgehead atoms. The van der Waals surface area contributed by atoms with Gasteiger partial charge in [0.05, 0.1) is 12.3 Å². The number of alkyl halides is 2. The Labute approximate surface area is 151 Å². The molecule has 1 saturated carbocycles. The molecule has 0 amide bonds. The van der Waals surface area contributed by atoms with Gasteiger partial charge in [0.15, 0.2) is 0 Å². The average Bonchev–Trinajstić information content (AvgIpc) is 3.14. The van der Waals surface area contributed by atoms with Gasteiger partial charge in [-0.05, 0) is 37.6 Å². The van der Waals surface area contributed by atoms with Gasteiger partial charge in [-0.1, -0.05) is 31.9 Å². The molecule has 1 fully saturated rings. The summed E-state index contributed by atoms with van der Waals surface area (Å²) in [5.74, 6) is 1.54.